The van der Waals surface area contributed by atoms with Gasteiger partial charge in [0.15, 0.2) is 0 Å². The van der Waals surface area contributed by atoms with Crippen LogP contribution in [0.25, 0.3) is 0 Å². The molecule has 0 aliphatic carbocycles. The molecule has 2 atom stereocenters. The minimum atomic E-state index is -0.680. The molecule has 2 heterocycles. The molecule has 5 nitrogen and oxygen atoms in total. The lowest BCUT2D eigenvalue weighted by molar-refractivity contribution is 0.0572. The van der Waals surface area contributed by atoms with Crippen LogP contribution in [0, 0.1) is 6.92 Å². The summed E-state index contributed by atoms with van der Waals surface area (Å²) < 4.78 is 0. The highest BCUT2D eigenvalue weighted by Crippen LogP contribution is 2.14. The monoisotopic (exact) mass is 243 g/mol. The lowest BCUT2D eigenvalue weighted by Gasteiger charge is -2.13. The van der Waals surface area contributed by atoms with Gasteiger partial charge in [-0.3, -0.25) is 4.90 Å². The molecular weight excluding hydrogens is 230 g/mol. The first kappa shape index (κ1) is 11.7. The number of aryl methyl sites for hydroxylation is 1. The zero-order chi connectivity index (χ0) is 11.7. The van der Waals surface area contributed by atoms with Crippen molar-refractivity contribution in [2.24, 2.45) is 0 Å². The Morgan fingerprint density at radius 3 is 2.56 bits per heavy atom. The van der Waals surface area contributed by atoms with Crippen molar-refractivity contribution in [1.29, 1.82) is 0 Å². The van der Waals surface area contributed by atoms with E-state index in [-0.39, 0.29) is 0 Å². The molecule has 2 N–H and O–H groups in total. The maximum absolute atomic E-state index is 9.40. The summed E-state index contributed by atoms with van der Waals surface area (Å²) in [5.74, 6) is 0.617. The molecule has 0 saturated carbocycles. The second-order valence-corrected chi connectivity index (χ2v) is 4.46. The Labute approximate surface area is 98.7 Å². The smallest absolute Gasteiger partial charge is 0.144 e. The summed E-state index contributed by atoms with van der Waals surface area (Å²) in [5.41, 5.74) is 0.815. The van der Waals surface area contributed by atoms with E-state index in [0.29, 0.717) is 30.6 Å². The van der Waals surface area contributed by atoms with Gasteiger partial charge in [0.1, 0.15) is 11.0 Å². The molecule has 0 amide bonds. The molecule has 1 saturated heterocycles. The van der Waals surface area contributed by atoms with Crippen LogP contribution < -0.4 is 0 Å². The molecule has 6 heteroatoms. The minimum absolute atomic E-state index is 0.419. The van der Waals surface area contributed by atoms with Crippen LogP contribution >= 0.6 is 11.6 Å². The molecule has 0 radical (unpaired) electrons. The molecule has 0 unspecified atom stereocenters. The summed E-state index contributed by atoms with van der Waals surface area (Å²) in [6.07, 6.45) is -1.36. The number of rotatable bonds is 2. The molecule has 1 fully saturated rings. The fourth-order valence-electron chi connectivity index (χ4n) is 1.84. The van der Waals surface area contributed by atoms with Crippen molar-refractivity contribution in [2.75, 3.05) is 13.1 Å². The Morgan fingerprint density at radius 1 is 1.38 bits per heavy atom. The highest BCUT2D eigenvalue weighted by atomic mass is 35.5. The van der Waals surface area contributed by atoms with Crippen molar-refractivity contribution in [1.82, 2.24) is 14.9 Å². The molecule has 1 aromatic heterocycles. The maximum Gasteiger partial charge on any atom is 0.144 e. The average molecular weight is 244 g/mol. The molecule has 0 spiro atoms. The third-order valence-corrected chi connectivity index (χ3v) is 2.76. The van der Waals surface area contributed by atoms with Gasteiger partial charge in [-0.25, -0.2) is 9.97 Å². The lowest BCUT2D eigenvalue weighted by atomic mass is 10.3. The van der Waals surface area contributed by atoms with Gasteiger partial charge in [-0.15, -0.1) is 0 Å². The molecule has 16 heavy (non-hydrogen) atoms. The van der Waals surface area contributed by atoms with E-state index in [1.807, 2.05) is 11.8 Å². The summed E-state index contributed by atoms with van der Waals surface area (Å²) in [5, 5.41) is 19.2. The van der Waals surface area contributed by atoms with Crippen LogP contribution in [-0.4, -0.2) is 50.4 Å². The summed E-state index contributed by atoms with van der Waals surface area (Å²) in [6.45, 7) is 3.23. The van der Waals surface area contributed by atoms with E-state index in [9.17, 15) is 10.2 Å². The molecule has 0 aromatic carbocycles. The maximum atomic E-state index is 9.40. The Kier molecular flexibility index (Phi) is 3.39. The van der Waals surface area contributed by atoms with Crippen LogP contribution in [-0.2, 0) is 6.54 Å². The quantitative estimate of drug-likeness (QED) is 0.715. The van der Waals surface area contributed by atoms with E-state index in [2.05, 4.69) is 9.97 Å². The Hall–Kier alpha value is -0.750. The van der Waals surface area contributed by atoms with Gasteiger partial charge in [0.05, 0.1) is 18.8 Å². The number of β-amino-alcohol motifs (C(OH)–C–C–N with tert-alkyl or cyclic N) is 2. The van der Waals surface area contributed by atoms with E-state index < -0.39 is 12.2 Å². The van der Waals surface area contributed by atoms with Crippen molar-refractivity contribution in [3.8, 4) is 0 Å². The van der Waals surface area contributed by atoms with Gasteiger partial charge in [-0.2, -0.15) is 0 Å². The normalized spacial score (nSPS) is 26.2. The van der Waals surface area contributed by atoms with Gasteiger partial charge >= 0.3 is 0 Å². The molecule has 0 bridgehead atoms. The highest BCUT2D eigenvalue weighted by molar-refractivity contribution is 6.29. The van der Waals surface area contributed by atoms with Crippen molar-refractivity contribution >= 4 is 11.6 Å². The number of likely N-dealkylation sites (tertiary alicyclic amines) is 1. The molecule has 1 aliphatic heterocycles. The number of hydrogen-bond acceptors (Lipinski definition) is 5. The van der Waals surface area contributed by atoms with E-state index in [1.54, 1.807) is 6.07 Å². The number of aliphatic hydroxyl groups excluding tert-OH is 2. The first-order chi connectivity index (χ1) is 7.54. The predicted octanol–water partition coefficient (Wildman–Crippen LogP) is -0.0242. The molecular formula is C10H14ClN3O2. The summed E-state index contributed by atoms with van der Waals surface area (Å²) in [7, 11) is 0. The van der Waals surface area contributed by atoms with Gasteiger partial charge in [-0.05, 0) is 13.0 Å². The van der Waals surface area contributed by atoms with Crippen LogP contribution in [0.5, 0.6) is 0 Å². The van der Waals surface area contributed by atoms with Gasteiger partial charge in [0, 0.05) is 18.8 Å². The van der Waals surface area contributed by atoms with Gasteiger partial charge in [0.2, 0.25) is 0 Å². The Bertz CT molecular complexity index is 358. The van der Waals surface area contributed by atoms with Gasteiger partial charge in [-0.1, -0.05) is 11.6 Å². The third kappa shape index (κ3) is 2.68. The highest BCUT2D eigenvalue weighted by Gasteiger charge is 2.29. The van der Waals surface area contributed by atoms with Crippen LogP contribution in [0.4, 0.5) is 0 Å². The summed E-state index contributed by atoms with van der Waals surface area (Å²) in [6, 6.07) is 1.69. The zero-order valence-electron chi connectivity index (χ0n) is 8.97. The summed E-state index contributed by atoms with van der Waals surface area (Å²) in [4.78, 5) is 10.2. The van der Waals surface area contributed by atoms with Crippen LogP contribution in [0.15, 0.2) is 6.07 Å². The molecule has 1 aromatic rings. The number of halogens is 1. The molecule has 1 aliphatic rings. The van der Waals surface area contributed by atoms with Crippen molar-refractivity contribution < 1.29 is 10.2 Å². The number of aromatic nitrogens is 2. The number of aliphatic hydroxyl groups is 2. The topological polar surface area (TPSA) is 69.5 Å². The lowest BCUT2D eigenvalue weighted by Crippen LogP contribution is -2.22. The predicted molar refractivity (Wildman–Crippen MR) is 59.1 cm³/mol. The van der Waals surface area contributed by atoms with Crippen molar-refractivity contribution in [3.05, 3.63) is 22.7 Å². The fourth-order valence-corrected chi connectivity index (χ4v) is 2.09. The number of nitrogens with zero attached hydrogens (tertiary/aromatic N) is 3. The fraction of sp³-hybridized carbons (Fsp3) is 0.600. The van der Waals surface area contributed by atoms with Crippen LogP contribution in [0.3, 0.4) is 0 Å². The first-order valence-electron chi connectivity index (χ1n) is 5.13. The van der Waals surface area contributed by atoms with Gasteiger partial charge in [0.25, 0.3) is 0 Å². The van der Waals surface area contributed by atoms with Gasteiger partial charge < -0.3 is 10.2 Å². The Morgan fingerprint density at radius 2 is 2.00 bits per heavy atom. The van der Waals surface area contributed by atoms with Crippen molar-refractivity contribution in [2.45, 2.75) is 25.7 Å². The second-order valence-electron chi connectivity index (χ2n) is 4.08. The Balaban J connectivity index is 2.04. The summed E-state index contributed by atoms with van der Waals surface area (Å²) >= 11 is 5.82. The second kappa shape index (κ2) is 4.63. The minimum Gasteiger partial charge on any atom is -0.389 e. The average Bonchev–Trinajstić information content (AvgIpc) is 2.43. The van der Waals surface area contributed by atoms with E-state index in [4.69, 9.17) is 11.6 Å². The van der Waals surface area contributed by atoms with Crippen LogP contribution in [0.1, 0.15) is 11.5 Å². The van der Waals surface area contributed by atoms with Crippen LogP contribution in [0.2, 0.25) is 5.15 Å². The van der Waals surface area contributed by atoms with E-state index in [0.717, 1.165) is 5.69 Å². The number of hydrogen-bond donors (Lipinski definition) is 2. The van der Waals surface area contributed by atoms with E-state index >= 15 is 0 Å². The largest absolute Gasteiger partial charge is 0.389 e. The first-order valence-corrected chi connectivity index (χ1v) is 5.51. The molecule has 2 rings (SSSR count). The zero-order valence-corrected chi connectivity index (χ0v) is 9.72. The SMILES string of the molecule is Cc1cc(Cl)nc(CN2C[C@@H](O)[C@@H](O)C2)n1. The third-order valence-electron chi connectivity index (χ3n) is 2.57. The van der Waals surface area contributed by atoms with E-state index in [1.165, 1.54) is 0 Å². The molecule has 88 valence electrons. The van der Waals surface area contributed by atoms with Crippen molar-refractivity contribution in [3.63, 3.8) is 0 Å². The standard InChI is InChI=1S/C10H14ClN3O2/c1-6-2-9(11)13-10(12-6)5-14-3-7(15)8(16)4-14/h2,7-8,15-16H,3-5H2,1H3/t7-,8+.